The van der Waals surface area contributed by atoms with Crippen molar-refractivity contribution in [3.63, 3.8) is 0 Å². The maximum atomic E-state index is 12.2. The van der Waals surface area contributed by atoms with Crippen LogP contribution in [-0.2, 0) is 33.3 Å². The fourth-order valence-electron chi connectivity index (χ4n) is 3.48. The minimum Gasteiger partial charge on any atom is -0.463 e. The van der Waals surface area contributed by atoms with Crippen molar-refractivity contribution in [2.75, 3.05) is 14.2 Å². The molecule has 3 rings (SSSR count). The van der Waals surface area contributed by atoms with Crippen LogP contribution >= 0.6 is 0 Å². The van der Waals surface area contributed by atoms with E-state index in [1.54, 1.807) is 0 Å². The van der Waals surface area contributed by atoms with E-state index in [2.05, 4.69) is 4.74 Å². The molecule has 6 N–H and O–H groups in total. The lowest BCUT2D eigenvalue weighted by Crippen LogP contribution is -2.53. The summed E-state index contributed by atoms with van der Waals surface area (Å²) in [6.45, 7) is 0. The molecule has 15 nitrogen and oxygen atoms in total. The van der Waals surface area contributed by atoms with E-state index in [1.165, 1.54) is 7.11 Å². The van der Waals surface area contributed by atoms with Gasteiger partial charge in [-0.05, 0) is 6.08 Å². The van der Waals surface area contributed by atoms with Crippen LogP contribution in [0.4, 0.5) is 0 Å². The minimum atomic E-state index is -1.77. The van der Waals surface area contributed by atoms with E-state index in [0.29, 0.717) is 0 Å². The summed E-state index contributed by atoms with van der Waals surface area (Å²) in [6.07, 6.45) is -10.6. The van der Waals surface area contributed by atoms with Crippen molar-refractivity contribution in [1.82, 2.24) is 9.55 Å². The number of rotatable bonds is 7. The fraction of sp³-hybridized carbons (Fsp3) is 0.556. The molecule has 0 saturated carbocycles. The molecule has 1 aromatic heterocycles. The number of aromatic nitrogens is 2. The second-order valence-corrected chi connectivity index (χ2v) is 7.15. The Balaban J connectivity index is 1.88. The molecular weight excluding hydrogens is 450 g/mol. The van der Waals surface area contributed by atoms with Gasteiger partial charge in [-0.1, -0.05) is 0 Å². The molecule has 0 radical (unpaired) electrons. The van der Waals surface area contributed by atoms with E-state index >= 15 is 0 Å². The normalized spacial score (nSPS) is 32.5. The van der Waals surface area contributed by atoms with E-state index in [1.807, 2.05) is 4.98 Å². The van der Waals surface area contributed by atoms with Gasteiger partial charge in [0, 0.05) is 19.4 Å². The maximum absolute atomic E-state index is 12.2. The Morgan fingerprint density at radius 3 is 2.48 bits per heavy atom. The Morgan fingerprint density at radius 2 is 1.91 bits per heavy atom. The molecule has 182 valence electrons. The highest BCUT2D eigenvalue weighted by atomic mass is 16.7. The molecule has 3 heterocycles. The first-order valence-corrected chi connectivity index (χ1v) is 9.54. The number of aromatic amines is 1. The first-order valence-electron chi connectivity index (χ1n) is 9.54. The van der Waals surface area contributed by atoms with Gasteiger partial charge in [0.15, 0.2) is 12.3 Å². The zero-order valence-electron chi connectivity index (χ0n) is 17.4. The van der Waals surface area contributed by atoms with Crippen molar-refractivity contribution in [1.29, 1.82) is 0 Å². The molecule has 1 saturated heterocycles. The maximum Gasteiger partial charge on any atom is 0.373 e. The van der Waals surface area contributed by atoms with Gasteiger partial charge in [0.25, 0.3) is 5.56 Å². The Morgan fingerprint density at radius 1 is 1.21 bits per heavy atom. The van der Waals surface area contributed by atoms with Crippen molar-refractivity contribution in [2.24, 2.45) is 5.73 Å². The number of nitrogens with one attached hydrogen (secondary N) is 1. The average Bonchev–Trinajstić information content (AvgIpc) is 3.09. The largest absolute Gasteiger partial charge is 0.463 e. The molecule has 8 atom stereocenters. The fourth-order valence-corrected chi connectivity index (χ4v) is 3.48. The summed E-state index contributed by atoms with van der Waals surface area (Å²) < 4.78 is 26.8. The first kappa shape index (κ1) is 24.6. The number of methoxy groups -OCH3 is 2. The molecule has 1 fully saturated rings. The highest BCUT2D eigenvalue weighted by Gasteiger charge is 2.52. The van der Waals surface area contributed by atoms with Gasteiger partial charge in [-0.25, -0.2) is 9.59 Å². The second kappa shape index (κ2) is 9.82. The van der Waals surface area contributed by atoms with E-state index < -0.39 is 78.0 Å². The predicted molar refractivity (Wildman–Crippen MR) is 103 cm³/mol. The third-order valence-corrected chi connectivity index (χ3v) is 5.09. The molecule has 0 spiro atoms. The summed E-state index contributed by atoms with van der Waals surface area (Å²) in [7, 11) is 2.25. The first-order chi connectivity index (χ1) is 15.6. The number of esters is 1. The highest BCUT2D eigenvalue weighted by Crippen LogP contribution is 2.34. The summed E-state index contributed by atoms with van der Waals surface area (Å²) in [4.78, 5) is 49.4. The summed E-state index contributed by atoms with van der Waals surface area (Å²) in [6, 6.07) is 1.02. The van der Waals surface area contributed by atoms with Crippen LogP contribution < -0.4 is 17.0 Å². The van der Waals surface area contributed by atoms with E-state index in [0.717, 1.165) is 30.0 Å². The topological polar surface area (TPSA) is 222 Å². The number of primary amides is 1. The minimum absolute atomic E-state index is 0.489. The van der Waals surface area contributed by atoms with Crippen molar-refractivity contribution < 1.29 is 48.6 Å². The van der Waals surface area contributed by atoms with Crippen LogP contribution in [-0.4, -0.2) is 93.9 Å². The summed E-state index contributed by atoms with van der Waals surface area (Å²) >= 11 is 0. The summed E-state index contributed by atoms with van der Waals surface area (Å²) in [5, 5.41) is 30.8. The Bertz CT molecular complexity index is 1030. The molecule has 0 unspecified atom stereocenters. The van der Waals surface area contributed by atoms with E-state index in [9.17, 15) is 34.5 Å². The number of hydrogen-bond acceptors (Lipinski definition) is 12. The number of H-pyrrole nitrogens is 1. The van der Waals surface area contributed by atoms with Gasteiger partial charge >= 0.3 is 11.7 Å². The van der Waals surface area contributed by atoms with Crippen LogP contribution in [0.1, 0.15) is 6.23 Å². The van der Waals surface area contributed by atoms with Gasteiger partial charge < -0.3 is 44.7 Å². The van der Waals surface area contributed by atoms with Gasteiger partial charge in [-0.15, -0.1) is 0 Å². The number of aliphatic hydroxyl groups excluding tert-OH is 3. The number of aliphatic hydroxyl groups is 3. The monoisotopic (exact) mass is 473 g/mol. The zero-order valence-corrected chi connectivity index (χ0v) is 17.4. The van der Waals surface area contributed by atoms with Crippen LogP contribution in [0.25, 0.3) is 0 Å². The number of amides is 1. The molecular formula is C18H23N3O12. The molecule has 1 aromatic rings. The van der Waals surface area contributed by atoms with Gasteiger partial charge in [-0.2, -0.15) is 0 Å². The van der Waals surface area contributed by atoms with Crippen molar-refractivity contribution in [2.45, 2.75) is 49.1 Å². The average molecular weight is 473 g/mol. The van der Waals surface area contributed by atoms with Gasteiger partial charge in [-0.3, -0.25) is 19.1 Å². The molecule has 0 aliphatic carbocycles. The molecule has 0 bridgehead atoms. The number of ether oxygens (including phenoxy) is 5. The highest BCUT2D eigenvalue weighted by molar-refractivity contribution is 5.86. The lowest BCUT2D eigenvalue weighted by atomic mass is 10.0. The van der Waals surface area contributed by atoms with Crippen molar-refractivity contribution >= 4 is 11.9 Å². The molecule has 33 heavy (non-hydrogen) atoms. The molecule has 2 aliphatic heterocycles. The van der Waals surface area contributed by atoms with Crippen molar-refractivity contribution in [3.05, 3.63) is 44.9 Å². The van der Waals surface area contributed by atoms with E-state index in [-0.39, 0.29) is 0 Å². The Labute approximate surface area is 184 Å². The van der Waals surface area contributed by atoms with Gasteiger partial charge in [0.2, 0.25) is 18.0 Å². The Hall–Kier alpha value is -3.08. The number of nitrogens with two attached hydrogens (primary N) is 1. The zero-order chi connectivity index (χ0) is 24.4. The number of carbonyl (C=O) groups is 2. The summed E-state index contributed by atoms with van der Waals surface area (Å²) in [5.41, 5.74) is 3.84. The predicted octanol–water partition coefficient (Wildman–Crippen LogP) is -4.18. The van der Waals surface area contributed by atoms with Gasteiger partial charge in [0.1, 0.15) is 30.5 Å². The number of carbonyl (C=O) groups excluding carboxylic acids is 2. The van der Waals surface area contributed by atoms with Crippen LogP contribution in [0.5, 0.6) is 0 Å². The van der Waals surface area contributed by atoms with Crippen LogP contribution in [0.2, 0.25) is 0 Å². The SMILES string of the molecule is COC(=O)C1=C[C@H](O)[C@H](O)[C@@H](O[C@@H](C(N)=O)[C@H]2O[C@@H](n3ccc(=O)[nH]c3=O)[C@H](O)[C@@H]2OC)O1. The third-order valence-electron chi connectivity index (χ3n) is 5.09. The second-order valence-electron chi connectivity index (χ2n) is 7.15. The van der Waals surface area contributed by atoms with Gasteiger partial charge in [0.05, 0.1) is 7.11 Å². The lowest BCUT2D eigenvalue weighted by Gasteiger charge is -2.34. The molecule has 1 amide bonds. The number of nitrogens with zero attached hydrogens (tertiary/aromatic N) is 1. The molecule has 0 aromatic carbocycles. The summed E-state index contributed by atoms with van der Waals surface area (Å²) in [5.74, 6) is -2.61. The Kier molecular flexibility index (Phi) is 7.31. The molecule has 2 aliphatic rings. The third kappa shape index (κ3) is 4.82. The lowest BCUT2D eigenvalue weighted by molar-refractivity contribution is -0.242. The quantitative estimate of drug-likeness (QED) is 0.238. The van der Waals surface area contributed by atoms with E-state index in [4.69, 9.17) is 24.7 Å². The van der Waals surface area contributed by atoms with Crippen molar-refractivity contribution in [3.8, 4) is 0 Å². The number of hydrogen-bond donors (Lipinski definition) is 5. The smallest absolute Gasteiger partial charge is 0.373 e. The van der Waals surface area contributed by atoms with Crippen LogP contribution in [0.3, 0.4) is 0 Å². The molecule has 15 heteroatoms. The van der Waals surface area contributed by atoms with Crippen LogP contribution in [0, 0.1) is 0 Å². The van der Waals surface area contributed by atoms with Crippen LogP contribution in [0.15, 0.2) is 33.7 Å². The standard InChI is InChI=1S/C18H23N3O12/c1-29-11-10(25)15(21-4-3-8(23)20-18(21)28)32-12(11)13(14(19)26)33-17-9(24)6(22)5-7(31-17)16(27)30-2/h3-6,9-13,15,17,22,24-25H,1-2H3,(H2,19,26)(H,20,23,28)/t6-,9-,10+,11-,12-,13+,15+,17+/m0/s1.